The molecule has 0 saturated heterocycles. The number of rotatable bonds is 14. The fraction of sp³-hybridized carbons (Fsp3) is 0.400. The van der Waals surface area contributed by atoms with E-state index in [1.165, 1.54) is 12.1 Å². The maximum atomic E-state index is 12.3. The van der Waals surface area contributed by atoms with Crippen LogP contribution in [0.4, 0.5) is 23.1 Å². The van der Waals surface area contributed by atoms with E-state index in [2.05, 4.69) is 36.2 Å². The quantitative estimate of drug-likeness (QED) is 0.0628. The van der Waals surface area contributed by atoms with E-state index in [-0.39, 0.29) is 41.9 Å². The number of nitrogen functional groups attached to an aromatic ring is 1. The number of fused-ring (bicyclic) bond motifs is 1. The Labute approximate surface area is 250 Å². The number of aliphatic carboxylic acids is 3. The number of guanidine groups is 1. The Morgan fingerprint density at radius 3 is 2.34 bits per heavy atom. The highest BCUT2D eigenvalue weighted by atomic mass is 16.4. The summed E-state index contributed by atoms with van der Waals surface area (Å²) >= 11 is 0. The summed E-state index contributed by atoms with van der Waals surface area (Å²) in [7, 11) is 0. The molecule has 1 unspecified atom stereocenters. The van der Waals surface area contributed by atoms with Crippen LogP contribution in [0.2, 0.25) is 0 Å². The van der Waals surface area contributed by atoms with E-state index < -0.39 is 35.9 Å². The number of nitrogens with zero attached hydrogens (tertiary/aromatic N) is 2. The topological polar surface area (TPSA) is 339 Å². The molecule has 1 aromatic heterocycles. The number of hydrogen-bond acceptors (Lipinski definition) is 12. The molecule has 0 radical (unpaired) electrons. The van der Waals surface area contributed by atoms with Gasteiger partial charge in [0.2, 0.25) is 5.95 Å². The number of anilines is 4. The van der Waals surface area contributed by atoms with Gasteiger partial charge in [0.25, 0.3) is 11.5 Å². The lowest BCUT2D eigenvalue weighted by Crippen LogP contribution is -2.41. The summed E-state index contributed by atoms with van der Waals surface area (Å²) in [4.78, 5) is 66.5. The van der Waals surface area contributed by atoms with Crippen LogP contribution in [0.3, 0.4) is 0 Å². The molecule has 19 heteroatoms. The minimum Gasteiger partial charge on any atom is -0.481 e. The average Bonchev–Trinajstić information content (AvgIpc) is 2.96. The van der Waals surface area contributed by atoms with Crippen molar-refractivity contribution in [1.29, 1.82) is 0 Å². The van der Waals surface area contributed by atoms with Gasteiger partial charge in [0.15, 0.2) is 11.8 Å². The van der Waals surface area contributed by atoms with E-state index in [1.54, 1.807) is 12.1 Å². The molecule has 0 bridgehead atoms. The number of benzene rings is 1. The fourth-order valence-corrected chi connectivity index (χ4v) is 3.74. The number of aromatic nitrogens is 2. The van der Waals surface area contributed by atoms with Crippen LogP contribution < -0.4 is 49.8 Å². The van der Waals surface area contributed by atoms with Gasteiger partial charge in [-0.05, 0) is 43.5 Å². The molecule has 19 nitrogen and oxygen atoms in total. The zero-order chi connectivity index (χ0) is 32.8. The minimum absolute atomic E-state index is 0.0129. The summed E-state index contributed by atoms with van der Waals surface area (Å²) in [6, 6.07) is 4.11. The molecule has 44 heavy (non-hydrogen) atoms. The Hall–Kier alpha value is -5.59. The third-order valence-corrected chi connectivity index (χ3v) is 6.04. The Kier molecular flexibility index (Phi) is 13.2. The predicted molar refractivity (Wildman–Crippen MR) is 161 cm³/mol. The zero-order valence-electron chi connectivity index (χ0n) is 23.6. The lowest BCUT2D eigenvalue weighted by molar-refractivity contribution is -0.141. The maximum Gasteiger partial charge on any atom is 0.326 e. The number of aromatic amines is 1. The molecule has 0 fully saturated rings. The first-order chi connectivity index (χ1) is 20.8. The maximum absolute atomic E-state index is 12.3. The fourth-order valence-electron chi connectivity index (χ4n) is 3.74. The number of hydrogen-bond donors (Lipinski definition) is 12. The highest BCUT2D eigenvalue weighted by Crippen LogP contribution is 2.20. The van der Waals surface area contributed by atoms with Gasteiger partial charge in [-0.2, -0.15) is 4.98 Å². The first kappa shape index (κ1) is 34.6. The van der Waals surface area contributed by atoms with Gasteiger partial charge in [0.05, 0.1) is 6.04 Å². The van der Waals surface area contributed by atoms with E-state index in [0.29, 0.717) is 49.7 Å². The van der Waals surface area contributed by atoms with Crippen molar-refractivity contribution >= 4 is 52.9 Å². The van der Waals surface area contributed by atoms with Crippen molar-refractivity contribution in [2.24, 2.45) is 22.2 Å². The summed E-state index contributed by atoms with van der Waals surface area (Å²) < 4.78 is 0. The number of carboxylic acid groups (broad SMARTS) is 3. The molecular weight excluding hydrogens is 582 g/mol. The molecule has 2 heterocycles. The van der Waals surface area contributed by atoms with Crippen LogP contribution in [0.5, 0.6) is 0 Å². The molecule has 1 amide bonds. The summed E-state index contributed by atoms with van der Waals surface area (Å²) in [5, 5.41) is 37.9. The lowest BCUT2D eigenvalue weighted by atomic mass is 10.1. The SMILES string of the molecule is NC(N)=NCCC[C@H](N)C(=O)O.Nc1nc2c(c(=O)[nH]1)NC(CNc1ccc(C(=O)N[C@@H](CCC(=O)O)C(=O)O)cc1)CN2. The van der Waals surface area contributed by atoms with Crippen LogP contribution in [-0.4, -0.2) is 92.8 Å². The van der Waals surface area contributed by atoms with Crippen LogP contribution in [0.15, 0.2) is 34.1 Å². The van der Waals surface area contributed by atoms with Crippen molar-refractivity contribution in [3.05, 3.63) is 40.2 Å². The Balaban J connectivity index is 0.000000477. The summed E-state index contributed by atoms with van der Waals surface area (Å²) in [6.45, 7) is 1.38. The molecule has 1 aromatic carbocycles. The molecule has 2 aromatic rings. The molecular formula is C25H37N11O8. The van der Waals surface area contributed by atoms with Crippen LogP contribution in [-0.2, 0) is 14.4 Å². The average molecular weight is 620 g/mol. The Morgan fingerprint density at radius 2 is 1.75 bits per heavy atom. The van der Waals surface area contributed by atoms with Gasteiger partial charge in [-0.3, -0.25) is 29.2 Å². The smallest absolute Gasteiger partial charge is 0.326 e. The minimum atomic E-state index is -1.30. The second-order valence-electron chi connectivity index (χ2n) is 9.55. The highest BCUT2D eigenvalue weighted by Gasteiger charge is 2.23. The van der Waals surface area contributed by atoms with E-state index in [1.807, 2.05) is 0 Å². The van der Waals surface area contributed by atoms with Gasteiger partial charge in [0.1, 0.15) is 17.8 Å². The number of aliphatic imine (C=N–C) groups is 1. The first-order valence-electron chi connectivity index (χ1n) is 13.3. The van der Waals surface area contributed by atoms with Crippen molar-refractivity contribution in [2.45, 2.75) is 43.8 Å². The normalized spacial score (nSPS) is 14.5. The number of nitrogens with two attached hydrogens (primary N) is 4. The predicted octanol–water partition coefficient (Wildman–Crippen LogP) is -1.83. The summed E-state index contributed by atoms with van der Waals surface area (Å²) in [5.74, 6) is -3.63. The summed E-state index contributed by atoms with van der Waals surface area (Å²) in [5.41, 5.74) is 21.7. The van der Waals surface area contributed by atoms with Crippen molar-refractivity contribution in [3.8, 4) is 0 Å². The van der Waals surface area contributed by atoms with Gasteiger partial charge < -0.3 is 59.5 Å². The second-order valence-corrected chi connectivity index (χ2v) is 9.55. The first-order valence-corrected chi connectivity index (χ1v) is 13.3. The van der Waals surface area contributed by atoms with Gasteiger partial charge >= 0.3 is 17.9 Å². The molecule has 0 aliphatic carbocycles. The third kappa shape index (κ3) is 11.7. The Morgan fingerprint density at radius 1 is 1.07 bits per heavy atom. The van der Waals surface area contributed by atoms with Crippen molar-refractivity contribution in [1.82, 2.24) is 15.3 Å². The van der Waals surface area contributed by atoms with Gasteiger partial charge in [-0.25, -0.2) is 4.79 Å². The third-order valence-electron chi connectivity index (χ3n) is 6.04. The number of carbonyl (C=O) groups excluding carboxylic acids is 1. The van der Waals surface area contributed by atoms with Crippen LogP contribution in [0.25, 0.3) is 0 Å². The number of carbonyl (C=O) groups is 4. The monoisotopic (exact) mass is 619 g/mol. The highest BCUT2D eigenvalue weighted by molar-refractivity contribution is 5.97. The largest absolute Gasteiger partial charge is 0.481 e. The van der Waals surface area contributed by atoms with Gasteiger partial charge in [-0.1, -0.05) is 0 Å². The second kappa shape index (κ2) is 16.8. The molecule has 240 valence electrons. The molecule has 1 aliphatic rings. The van der Waals surface area contributed by atoms with Crippen molar-refractivity contribution < 1.29 is 34.5 Å². The van der Waals surface area contributed by atoms with Crippen LogP contribution in [0, 0.1) is 0 Å². The molecule has 16 N–H and O–H groups in total. The van der Waals surface area contributed by atoms with Gasteiger partial charge in [-0.15, -0.1) is 0 Å². The number of H-pyrrole nitrogens is 1. The zero-order valence-corrected chi connectivity index (χ0v) is 23.6. The van der Waals surface area contributed by atoms with E-state index in [4.69, 9.17) is 38.3 Å². The lowest BCUT2D eigenvalue weighted by Gasteiger charge is -2.27. The molecule has 1 aliphatic heterocycles. The molecule has 0 saturated carbocycles. The molecule has 3 rings (SSSR count). The van der Waals surface area contributed by atoms with E-state index in [9.17, 15) is 24.0 Å². The van der Waals surface area contributed by atoms with Crippen molar-refractivity contribution in [3.63, 3.8) is 0 Å². The van der Waals surface area contributed by atoms with Crippen molar-refractivity contribution in [2.75, 3.05) is 41.3 Å². The molecule has 0 spiro atoms. The Bertz CT molecular complexity index is 1390. The van der Waals surface area contributed by atoms with Crippen LogP contribution in [0.1, 0.15) is 36.0 Å². The molecule has 3 atom stereocenters. The number of carboxylic acids is 3. The van der Waals surface area contributed by atoms with E-state index >= 15 is 0 Å². The number of nitrogens with one attached hydrogen (secondary N) is 5. The summed E-state index contributed by atoms with van der Waals surface area (Å²) in [6.07, 6.45) is 0.369. The van der Waals surface area contributed by atoms with Crippen LogP contribution >= 0.6 is 0 Å². The standard InChI is InChI=1S/C19H23N7O6.C6H14N4O2/c20-19-25-15-14(17(30)26-19)23-11(8-22-15)7-21-10-3-1-9(2-4-10)16(29)24-12(18(31)32)5-6-13(27)28;7-4(5(11)12)2-1-3-10-6(8)9/h1-4,11-12,21,23H,5-8H2,(H,24,29)(H,27,28)(H,31,32)(H4,20,22,25,26,30);4H,1-3,7H2,(H,11,12)(H4,8,9,10)/t11?,12-;4-/m00/s1. The van der Waals surface area contributed by atoms with Gasteiger partial charge in [0, 0.05) is 37.3 Å². The number of amides is 1. The van der Waals surface area contributed by atoms with E-state index in [0.717, 1.165) is 0 Å².